The predicted molar refractivity (Wildman–Crippen MR) is 64.8 cm³/mol. The molecular weight excluding hydrogens is 220 g/mol. The summed E-state index contributed by atoms with van der Waals surface area (Å²) >= 11 is 0. The standard InChI is InChI=1S/C12H22N2O3/c1-10-5-2-3-7-14(10)8-4-6-13-11(15)9-12(16)17/h10H,2-9H2,1H3,(H,13,15)(H,16,17). The van der Waals surface area contributed by atoms with Crippen LogP contribution in [0.1, 0.15) is 39.0 Å². The Morgan fingerprint density at radius 2 is 2.18 bits per heavy atom. The molecule has 1 unspecified atom stereocenters. The van der Waals surface area contributed by atoms with Crippen LogP contribution in [0.3, 0.4) is 0 Å². The first-order chi connectivity index (χ1) is 8.09. The van der Waals surface area contributed by atoms with Gasteiger partial charge in [0.05, 0.1) is 0 Å². The van der Waals surface area contributed by atoms with E-state index < -0.39 is 18.3 Å². The molecule has 0 aromatic carbocycles. The van der Waals surface area contributed by atoms with E-state index in [2.05, 4.69) is 17.1 Å². The Labute approximate surface area is 102 Å². The largest absolute Gasteiger partial charge is 0.481 e. The average molecular weight is 242 g/mol. The Balaban J connectivity index is 2.07. The smallest absolute Gasteiger partial charge is 0.312 e. The van der Waals surface area contributed by atoms with E-state index in [9.17, 15) is 9.59 Å². The molecule has 1 heterocycles. The van der Waals surface area contributed by atoms with Gasteiger partial charge in [0, 0.05) is 19.1 Å². The Morgan fingerprint density at radius 1 is 1.41 bits per heavy atom. The van der Waals surface area contributed by atoms with Crippen LogP contribution in [0, 0.1) is 0 Å². The van der Waals surface area contributed by atoms with E-state index in [4.69, 9.17) is 5.11 Å². The third-order valence-electron chi connectivity index (χ3n) is 3.20. The third-order valence-corrected chi connectivity index (χ3v) is 3.20. The van der Waals surface area contributed by atoms with Gasteiger partial charge in [0.1, 0.15) is 6.42 Å². The minimum atomic E-state index is -1.08. The SMILES string of the molecule is CC1CCCCN1CCCNC(=O)CC(=O)O. The second-order valence-corrected chi connectivity index (χ2v) is 4.65. The quantitative estimate of drug-likeness (QED) is 0.535. The summed E-state index contributed by atoms with van der Waals surface area (Å²) in [6, 6.07) is 0.637. The van der Waals surface area contributed by atoms with Crippen molar-refractivity contribution in [2.45, 2.75) is 45.1 Å². The van der Waals surface area contributed by atoms with Gasteiger partial charge in [-0.2, -0.15) is 0 Å². The Bertz CT molecular complexity index is 268. The maximum atomic E-state index is 11.1. The van der Waals surface area contributed by atoms with Crippen LogP contribution in [0.25, 0.3) is 0 Å². The second-order valence-electron chi connectivity index (χ2n) is 4.65. The number of amides is 1. The summed E-state index contributed by atoms with van der Waals surface area (Å²) in [4.78, 5) is 23.8. The molecule has 0 saturated carbocycles. The zero-order valence-corrected chi connectivity index (χ0v) is 10.4. The van der Waals surface area contributed by atoms with Crippen molar-refractivity contribution < 1.29 is 14.7 Å². The lowest BCUT2D eigenvalue weighted by atomic mass is 10.0. The fourth-order valence-electron chi connectivity index (χ4n) is 2.20. The van der Waals surface area contributed by atoms with Crippen molar-refractivity contribution in [1.29, 1.82) is 0 Å². The third kappa shape index (κ3) is 5.68. The molecular formula is C12H22N2O3. The lowest BCUT2D eigenvalue weighted by molar-refractivity contribution is -0.140. The summed E-state index contributed by atoms with van der Waals surface area (Å²) in [7, 11) is 0. The van der Waals surface area contributed by atoms with Crippen molar-refractivity contribution in [3.63, 3.8) is 0 Å². The van der Waals surface area contributed by atoms with E-state index >= 15 is 0 Å². The highest BCUT2D eigenvalue weighted by Crippen LogP contribution is 2.15. The minimum absolute atomic E-state index is 0.399. The molecule has 1 aliphatic heterocycles. The van der Waals surface area contributed by atoms with Gasteiger partial charge in [-0.25, -0.2) is 0 Å². The van der Waals surface area contributed by atoms with Crippen LogP contribution >= 0.6 is 0 Å². The van der Waals surface area contributed by atoms with Crippen LogP contribution in [0.5, 0.6) is 0 Å². The van der Waals surface area contributed by atoms with E-state index in [0.29, 0.717) is 12.6 Å². The lowest BCUT2D eigenvalue weighted by Crippen LogP contribution is -2.39. The van der Waals surface area contributed by atoms with Crippen molar-refractivity contribution in [1.82, 2.24) is 10.2 Å². The molecule has 0 aromatic heterocycles. The molecule has 17 heavy (non-hydrogen) atoms. The first-order valence-electron chi connectivity index (χ1n) is 6.32. The highest BCUT2D eigenvalue weighted by molar-refractivity contribution is 5.93. The highest BCUT2D eigenvalue weighted by atomic mass is 16.4. The number of hydrogen-bond acceptors (Lipinski definition) is 3. The van der Waals surface area contributed by atoms with Gasteiger partial charge in [0.25, 0.3) is 0 Å². The van der Waals surface area contributed by atoms with Gasteiger partial charge >= 0.3 is 5.97 Å². The van der Waals surface area contributed by atoms with E-state index in [-0.39, 0.29) is 0 Å². The molecule has 98 valence electrons. The molecule has 5 nitrogen and oxygen atoms in total. The fraction of sp³-hybridized carbons (Fsp3) is 0.833. The first-order valence-corrected chi connectivity index (χ1v) is 6.32. The maximum Gasteiger partial charge on any atom is 0.312 e. The van der Waals surface area contributed by atoms with Crippen molar-refractivity contribution in [2.75, 3.05) is 19.6 Å². The van der Waals surface area contributed by atoms with Crippen molar-refractivity contribution in [2.24, 2.45) is 0 Å². The lowest BCUT2D eigenvalue weighted by Gasteiger charge is -2.33. The average Bonchev–Trinajstić information content (AvgIpc) is 2.25. The van der Waals surface area contributed by atoms with Crippen LogP contribution in [0.4, 0.5) is 0 Å². The Morgan fingerprint density at radius 3 is 2.82 bits per heavy atom. The number of hydrogen-bond donors (Lipinski definition) is 2. The number of rotatable bonds is 6. The Kier molecular flexibility index (Phi) is 5.97. The number of nitrogens with zero attached hydrogens (tertiary/aromatic N) is 1. The summed E-state index contributed by atoms with van der Waals surface area (Å²) in [6.07, 6.45) is 4.28. The zero-order chi connectivity index (χ0) is 12.7. The number of carbonyl (C=O) groups excluding carboxylic acids is 1. The minimum Gasteiger partial charge on any atom is -0.481 e. The summed E-state index contributed by atoms with van der Waals surface area (Å²) in [6.45, 7) is 4.93. The maximum absolute atomic E-state index is 11.1. The van der Waals surface area contributed by atoms with Crippen LogP contribution in [-0.2, 0) is 9.59 Å². The zero-order valence-electron chi connectivity index (χ0n) is 10.4. The van der Waals surface area contributed by atoms with Gasteiger partial charge in [-0.1, -0.05) is 6.42 Å². The van der Waals surface area contributed by atoms with Gasteiger partial charge in [0.15, 0.2) is 0 Å². The number of likely N-dealkylation sites (tertiary alicyclic amines) is 1. The van der Waals surface area contributed by atoms with Crippen molar-refractivity contribution >= 4 is 11.9 Å². The fourth-order valence-corrected chi connectivity index (χ4v) is 2.20. The van der Waals surface area contributed by atoms with Crippen LogP contribution < -0.4 is 5.32 Å². The summed E-state index contributed by atoms with van der Waals surface area (Å²) in [5, 5.41) is 11.0. The van der Waals surface area contributed by atoms with Gasteiger partial charge in [-0.15, -0.1) is 0 Å². The van der Waals surface area contributed by atoms with Gasteiger partial charge in [-0.05, 0) is 32.7 Å². The molecule has 0 radical (unpaired) electrons. The molecule has 1 atom stereocenters. The van der Waals surface area contributed by atoms with E-state index in [0.717, 1.165) is 19.5 Å². The molecule has 2 N–H and O–H groups in total. The molecule has 1 aliphatic rings. The number of nitrogens with one attached hydrogen (secondary N) is 1. The summed E-state index contributed by atoms with van der Waals surface area (Å²) < 4.78 is 0. The molecule has 0 bridgehead atoms. The molecule has 1 amide bonds. The highest BCUT2D eigenvalue weighted by Gasteiger charge is 2.17. The molecule has 5 heteroatoms. The number of carboxylic acids is 1. The van der Waals surface area contributed by atoms with Gasteiger partial charge in [-0.3, -0.25) is 9.59 Å². The van der Waals surface area contributed by atoms with Crippen molar-refractivity contribution in [3.05, 3.63) is 0 Å². The van der Waals surface area contributed by atoms with E-state index in [1.165, 1.54) is 19.3 Å². The van der Waals surface area contributed by atoms with E-state index in [1.807, 2.05) is 0 Å². The number of carboxylic acid groups (broad SMARTS) is 1. The predicted octanol–water partition coefficient (Wildman–Crippen LogP) is 0.842. The second kappa shape index (κ2) is 7.27. The molecule has 1 saturated heterocycles. The molecule has 0 aliphatic carbocycles. The van der Waals surface area contributed by atoms with Crippen molar-refractivity contribution in [3.8, 4) is 0 Å². The van der Waals surface area contributed by atoms with E-state index in [1.54, 1.807) is 0 Å². The molecule has 1 rings (SSSR count). The first kappa shape index (κ1) is 14.0. The van der Waals surface area contributed by atoms with Gasteiger partial charge < -0.3 is 15.3 Å². The van der Waals surface area contributed by atoms with Crippen LogP contribution in [0.2, 0.25) is 0 Å². The molecule has 1 fully saturated rings. The topological polar surface area (TPSA) is 69.6 Å². The molecule has 0 aromatic rings. The Hall–Kier alpha value is -1.10. The summed E-state index contributed by atoms with van der Waals surface area (Å²) in [5.74, 6) is -1.48. The number of aliphatic carboxylic acids is 1. The van der Waals surface area contributed by atoms with Crippen LogP contribution in [0.15, 0.2) is 0 Å². The van der Waals surface area contributed by atoms with Crippen LogP contribution in [-0.4, -0.2) is 47.6 Å². The monoisotopic (exact) mass is 242 g/mol. The number of carbonyl (C=O) groups is 2. The normalized spacial score (nSPS) is 21.1. The molecule has 0 spiro atoms. The number of piperidine rings is 1. The van der Waals surface area contributed by atoms with Gasteiger partial charge in [0.2, 0.25) is 5.91 Å². The summed E-state index contributed by atoms with van der Waals surface area (Å²) in [5.41, 5.74) is 0.